The molecule has 10 heteroatoms. The standard InChI is InChI=1S/C20H14Cl2N4O3S/c21-17-12-24-26(20(27)18(17)22)15-6-8-16(9-7-15)30(28,29)25-11-14-4-1-3-13-5-2-10-23-19(13)14/h1-10,12,25H,11H2. The highest BCUT2D eigenvalue weighted by Crippen LogP contribution is 2.19. The zero-order chi connectivity index (χ0) is 21.3. The summed E-state index contributed by atoms with van der Waals surface area (Å²) in [7, 11) is -3.78. The predicted molar refractivity (Wildman–Crippen MR) is 116 cm³/mol. The summed E-state index contributed by atoms with van der Waals surface area (Å²) >= 11 is 11.6. The van der Waals surface area contributed by atoms with Crippen LogP contribution in [0.3, 0.4) is 0 Å². The molecule has 0 aliphatic carbocycles. The van der Waals surface area contributed by atoms with Crippen molar-refractivity contribution in [3.63, 3.8) is 0 Å². The quantitative estimate of drug-likeness (QED) is 0.491. The molecule has 0 atom stereocenters. The zero-order valence-electron chi connectivity index (χ0n) is 15.3. The first kappa shape index (κ1) is 20.5. The Morgan fingerprint density at radius 3 is 2.50 bits per heavy atom. The highest BCUT2D eigenvalue weighted by atomic mass is 35.5. The molecule has 0 spiro atoms. The molecular weight excluding hydrogens is 447 g/mol. The number of nitrogens with one attached hydrogen (secondary N) is 1. The molecule has 2 heterocycles. The van der Waals surface area contributed by atoms with Crippen molar-refractivity contribution in [2.24, 2.45) is 0 Å². The Balaban J connectivity index is 1.58. The van der Waals surface area contributed by atoms with Crippen LogP contribution in [0.4, 0.5) is 0 Å². The summed E-state index contributed by atoms with van der Waals surface area (Å²) in [5.74, 6) is 0. The largest absolute Gasteiger partial charge is 0.291 e. The van der Waals surface area contributed by atoms with Gasteiger partial charge in [0.15, 0.2) is 0 Å². The molecule has 0 fully saturated rings. The second kappa shape index (κ2) is 8.16. The zero-order valence-corrected chi connectivity index (χ0v) is 17.6. The van der Waals surface area contributed by atoms with Gasteiger partial charge in [0.25, 0.3) is 5.56 Å². The van der Waals surface area contributed by atoms with Gasteiger partial charge in [-0.15, -0.1) is 0 Å². The third kappa shape index (κ3) is 3.95. The molecule has 4 aromatic rings. The van der Waals surface area contributed by atoms with Gasteiger partial charge in [-0.3, -0.25) is 9.78 Å². The lowest BCUT2D eigenvalue weighted by Crippen LogP contribution is -2.24. The van der Waals surface area contributed by atoms with E-state index in [0.717, 1.165) is 21.1 Å². The van der Waals surface area contributed by atoms with Crippen LogP contribution in [-0.2, 0) is 16.6 Å². The molecule has 0 saturated heterocycles. The van der Waals surface area contributed by atoms with Crippen molar-refractivity contribution >= 4 is 44.1 Å². The fourth-order valence-corrected chi connectivity index (χ4v) is 4.19. The number of pyridine rings is 1. The van der Waals surface area contributed by atoms with Crippen molar-refractivity contribution in [3.8, 4) is 5.69 Å². The van der Waals surface area contributed by atoms with Gasteiger partial charge >= 0.3 is 0 Å². The summed E-state index contributed by atoms with van der Waals surface area (Å²) in [6, 6.07) is 15.0. The Morgan fingerprint density at radius 1 is 1.00 bits per heavy atom. The minimum absolute atomic E-state index is 0.0456. The van der Waals surface area contributed by atoms with Crippen LogP contribution in [0.2, 0.25) is 10.0 Å². The topological polar surface area (TPSA) is 94.0 Å². The van der Waals surface area contributed by atoms with Gasteiger partial charge in [0.05, 0.1) is 27.3 Å². The van der Waals surface area contributed by atoms with Crippen molar-refractivity contribution in [2.45, 2.75) is 11.4 Å². The molecule has 152 valence electrons. The lowest BCUT2D eigenvalue weighted by molar-refractivity contribution is 0.581. The fourth-order valence-electron chi connectivity index (χ4n) is 2.93. The number of nitrogens with zero attached hydrogens (tertiary/aromatic N) is 3. The van der Waals surface area contributed by atoms with Gasteiger partial charge in [0, 0.05) is 18.1 Å². The van der Waals surface area contributed by atoms with Gasteiger partial charge in [0.1, 0.15) is 5.02 Å². The van der Waals surface area contributed by atoms with Crippen molar-refractivity contribution in [2.75, 3.05) is 0 Å². The van der Waals surface area contributed by atoms with Crippen molar-refractivity contribution < 1.29 is 8.42 Å². The Hall–Kier alpha value is -2.78. The van der Waals surface area contributed by atoms with E-state index in [1.54, 1.807) is 6.20 Å². The molecular formula is C20H14Cl2N4O3S. The number of hydrogen-bond donors (Lipinski definition) is 1. The molecule has 0 saturated carbocycles. The lowest BCUT2D eigenvalue weighted by Gasteiger charge is -2.10. The Morgan fingerprint density at radius 2 is 1.73 bits per heavy atom. The van der Waals surface area contributed by atoms with Crippen LogP contribution in [-0.4, -0.2) is 23.2 Å². The summed E-state index contributed by atoms with van der Waals surface area (Å²) in [4.78, 5) is 16.6. The maximum atomic E-state index is 12.7. The molecule has 0 aliphatic heterocycles. The molecule has 0 bridgehead atoms. The number of hydrogen-bond acceptors (Lipinski definition) is 5. The highest BCUT2D eigenvalue weighted by molar-refractivity contribution is 7.89. The van der Waals surface area contributed by atoms with Gasteiger partial charge in [-0.25, -0.2) is 13.1 Å². The van der Waals surface area contributed by atoms with Crippen LogP contribution in [0, 0.1) is 0 Å². The predicted octanol–water partition coefficient (Wildman–Crippen LogP) is 3.57. The Labute approximate surface area is 182 Å². The van der Waals surface area contributed by atoms with Crippen LogP contribution >= 0.6 is 23.2 Å². The summed E-state index contributed by atoms with van der Waals surface area (Å²) < 4.78 is 29.0. The van der Waals surface area contributed by atoms with Gasteiger partial charge < -0.3 is 0 Å². The lowest BCUT2D eigenvalue weighted by atomic mass is 10.1. The summed E-state index contributed by atoms with van der Waals surface area (Å²) in [6.45, 7) is 0.0895. The molecule has 7 nitrogen and oxygen atoms in total. The van der Waals surface area contributed by atoms with E-state index in [1.807, 2.05) is 30.3 Å². The second-order valence-electron chi connectivity index (χ2n) is 6.33. The van der Waals surface area contributed by atoms with E-state index in [0.29, 0.717) is 5.69 Å². The van der Waals surface area contributed by atoms with E-state index in [2.05, 4.69) is 14.8 Å². The van der Waals surface area contributed by atoms with E-state index >= 15 is 0 Å². The van der Waals surface area contributed by atoms with E-state index in [-0.39, 0.29) is 21.5 Å². The highest BCUT2D eigenvalue weighted by Gasteiger charge is 2.16. The molecule has 4 rings (SSSR count). The van der Waals surface area contributed by atoms with Crippen LogP contribution in [0.5, 0.6) is 0 Å². The number of benzene rings is 2. The Bertz CT molecular complexity index is 1400. The molecule has 30 heavy (non-hydrogen) atoms. The SMILES string of the molecule is O=c1c(Cl)c(Cl)cnn1-c1ccc(S(=O)(=O)NCc2cccc3cccnc23)cc1. The third-order valence-electron chi connectivity index (χ3n) is 4.44. The fraction of sp³-hybridized carbons (Fsp3) is 0.0500. The van der Waals surface area contributed by atoms with E-state index < -0.39 is 15.6 Å². The summed E-state index contributed by atoms with van der Waals surface area (Å²) in [5, 5.41) is 4.74. The minimum Gasteiger partial charge on any atom is -0.266 e. The van der Waals surface area contributed by atoms with Gasteiger partial charge in [-0.1, -0.05) is 47.5 Å². The third-order valence-corrected chi connectivity index (χ3v) is 6.60. The van der Waals surface area contributed by atoms with Crippen molar-refractivity contribution in [3.05, 3.63) is 93.0 Å². The van der Waals surface area contributed by atoms with Crippen LogP contribution in [0.1, 0.15) is 5.56 Å². The maximum absolute atomic E-state index is 12.7. The average molecular weight is 461 g/mol. The van der Waals surface area contributed by atoms with Crippen LogP contribution < -0.4 is 10.3 Å². The van der Waals surface area contributed by atoms with Crippen LogP contribution in [0.25, 0.3) is 16.6 Å². The number of fused-ring (bicyclic) bond motifs is 1. The van der Waals surface area contributed by atoms with Crippen LogP contribution in [0.15, 0.2) is 76.7 Å². The first-order valence-electron chi connectivity index (χ1n) is 8.73. The maximum Gasteiger partial charge on any atom is 0.291 e. The van der Waals surface area contributed by atoms with Crippen molar-refractivity contribution in [1.82, 2.24) is 19.5 Å². The van der Waals surface area contributed by atoms with Gasteiger partial charge in [-0.05, 0) is 35.9 Å². The monoisotopic (exact) mass is 460 g/mol. The molecule has 0 aliphatic rings. The number of rotatable bonds is 5. The number of aromatic nitrogens is 3. The molecule has 0 amide bonds. The Kier molecular flexibility index (Phi) is 5.57. The molecule has 0 unspecified atom stereocenters. The smallest absolute Gasteiger partial charge is 0.266 e. The summed E-state index contributed by atoms with van der Waals surface area (Å²) in [5.41, 5.74) is 1.26. The van der Waals surface area contributed by atoms with E-state index in [4.69, 9.17) is 23.2 Å². The first-order valence-corrected chi connectivity index (χ1v) is 11.0. The molecule has 1 N–H and O–H groups in total. The first-order chi connectivity index (χ1) is 14.4. The van der Waals surface area contributed by atoms with E-state index in [9.17, 15) is 13.2 Å². The van der Waals surface area contributed by atoms with Gasteiger partial charge in [-0.2, -0.15) is 9.78 Å². The average Bonchev–Trinajstić information content (AvgIpc) is 2.76. The normalized spacial score (nSPS) is 11.7. The molecule has 2 aromatic carbocycles. The number of halogens is 2. The second-order valence-corrected chi connectivity index (χ2v) is 8.89. The number of para-hydroxylation sites is 1. The molecule has 0 radical (unpaired) electrons. The minimum atomic E-state index is -3.78. The summed E-state index contributed by atoms with van der Waals surface area (Å²) in [6.07, 6.45) is 2.91. The van der Waals surface area contributed by atoms with Crippen molar-refractivity contribution in [1.29, 1.82) is 0 Å². The van der Waals surface area contributed by atoms with Gasteiger partial charge in [0.2, 0.25) is 10.0 Å². The van der Waals surface area contributed by atoms with E-state index in [1.165, 1.54) is 30.5 Å². The molecule has 2 aromatic heterocycles. The number of sulfonamides is 1.